The van der Waals surface area contributed by atoms with Gasteiger partial charge in [0.05, 0.1) is 0 Å². The normalized spacial score (nSPS) is 11.7. The second-order valence-corrected chi connectivity index (χ2v) is 3.84. The molecule has 0 aliphatic rings. The Kier molecular flexibility index (Phi) is 7.83. The van der Waals surface area contributed by atoms with Gasteiger partial charge in [0.1, 0.15) is 0 Å². The first-order valence-corrected chi connectivity index (χ1v) is 5.66. The molecule has 0 aliphatic carbocycles. The highest BCUT2D eigenvalue weighted by molar-refractivity contribution is 7.98. The van der Waals surface area contributed by atoms with E-state index in [1.165, 1.54) is 6.08 Å². The molecule has 0 amide bonds. The Hall–Kier alpha value is -0.480. The summed E-state index contributed by atoms with van der Waals surface area (Å²) in [7, 11) is 0. The van der Waals surface area contributed by atoms with Gasteiger partial charge in [-0.2, -0.15) is 11.8 Å². The quantitative estimate of drug-likeness (QED) is 0.484. The van der Waals surface area contributed by atoms with E-state index in [4.69, 9.17) is 5.11 Å². The lowest BCUT2D eigenvalue weighted by molar-refractivity contribution is -0.131. The summed E-state index contributed by atoms with van der Waals surface area (Å²) in [4.78, 5) is 10.2. The summed E-state index contributed by atoms with van der Waals surface area (Å²) < 4.78 is 0. The zero-order valence-electron chi connectivity index (χ0n) is 8.17. The predicted molar refractivity (Wildman–Crippen MR) is 57.3 cm³/mol. The van der Waals surface area contributed by atoms with Crippen molar-refractivity contribution in [3.05, 3.63) is 11.6 Å². The topological polar surface area (TPSA) is 49.3 Å². The van der Waals surface area contributed by atoms with Crippen LogP contribution in [0.2, 0.25) is 0 Å². The molecule has 76 valence electrons. The molecule has 4 heteroatoms. The first-order chi connectivity index (χ1) is 6.16. The van der Waals surface area contributed by atoms with Crippen LogP contribution in [0.3, 0.4) is 0 Å². The van der Waals surface area contributed by atoms with Crippen LogP contribution in [0, 0.1) is 0 Å². The summed E-state index contributed by atoms with van der Waals surface area (Å²) in [5.74, 6) is 0.276. The fourth-order valence-electron chi connectivity index (χ4n) is 0.889. The maximum atomic E-state index is 10.2. The van der Waals surface area contributed by atoms with Crippen LogP contribution >= 0.6 is 11.8 Å². The number of hydrogen-bond donors (Lipinski definition) is 2. The molecule has 0 bridgehead atoms. The SMILES string of the molecule is CSCCCNCC(C)=CC(=O)O. The second kappa shape index (κ2) is 8.13. The van der Waals surface area contributed by atoms with Gasteiger partial charge in [-0.15, -0.1) is 0 Å². The third-order valence-corrected chi connectivity index (χ3v) is 2.17. The molecule has 0 radical (unpaired) electrons. The van der Waals surface area contributed by atoms with E-state index in [1.807, 2.05) is 18.7 Å². The number of hydrogen-bond acceptors (Lipinski definition) is 3. The van der Waals surface area contributed by atoms with E-state index in [-0.39, 0.29) is 0 Å². The molecule has 0 heterocycles. The van der Waals surface area contributed by atoms with Crippen LogP contribution in [0.15, 0.2) is 11.6 Å². The van der Waals surface area contributed by atoms with E-state index >= 15 is 0 Å². The van der Waals surface area contributed by atoms with Gasteiger partial charge in [0, 0.05) is 12.6 Å². The number of rotatable bonds is 7. The minimum atomic E-state index is -0.872. The van der Waals surface area contributed by atoms with Crippen molar-refractivity contribution in [2.24, 2.45) is 0 Å². The Morgan fingerprint density at radius 3 is 2.85 bits per heavy atom. The number of carbonyl (C=O) groups is 1. The monoisotopic (exact) mass is 203 g/mol. The molecule has 0 saturated heterocycles. The molecule has 0 aliphatic heterocycles. The molecule has 0 aromatic carbocycles. The van der Waals surface area contributed by atoms with Gasteiger partial charge in [0.15, 0.2) is 0 Å². The molecule has 0 saturated carbocycles. The average Bonchev–Trinajstić information content (AvgIpc) is 2.02. The summed E-state index contributed by atoms with van der Waals surface area (Å²) >= 11 is 1.82. The second-order valence-electron chi connectivity index (χ2n) is 2.85. The van der Waals surface area contributed by atoms with Gasteiger partial charge in [0.25, 0.3) is 0 Å². The van der Waals surface area contributed by atoms with E-state index in [0.717, 1.165) is 24.3 Å². The zero-order valence-corrected chi connectivity index (χ0v) is 8.99. The van der Waals surface area contributed by atoms with Crippen LogP contribution in [-0.4, -0.2) is 36.2 Å². The molecule has 0 aromatic heterocycles. The summed E-state index contributed by atoms with van der Waals surface area (Å²) in [5.41, 5.74) is 0.858. The van der Waals surface area contributed by atoms with Gasteiger partial charge in [0.2, 0.25) is 0 Å². The van der Waals surface area contributed by atoms with Crippen LogP contribution in [0.1, 0.15) is 13.3 Å². The predicted octanol–water partition coefficient (Wildman–Crippen LogP) is 1.36. The van der Waals surface area contributed by atoms with Crippen molar-refractivity contribution in [2.45, 2.75) is 13.3 Å². The van der Waals surface area contributed by atoms with Crippen molar-refractivity contribution in [3.8, 4) is 0 Å². The Labute approximate surface area is 83.6 Å². The molecule has 0 aromatic rings. The van der Waals surface area contributed by atoms with Crippen molar-refractivity contribution in [1.29, 1.82) is 0 Å². The molecule has 2 N–H and O–H groups in total. The van der Waals surface area contributed by atoms with Crippen molar-refractivity contribution in [2.75, 3.05) is 25.1 Å². The minimum absolute atomic E-state index is 0.667. The van der Waals surface area contributed by atoms with Gasteiger partial charge in [-0.25, -0.2) is 4.79 Å². The maximum Gasteiger partial charge on any atom is 0.328 e. The molecule has 13 heavy (non-hydrogen) atoms. The van der Waals surface area contributed by atoms with E-state index in [1.54, 1.807) is 0 Å². The van der Waals surface area contributed by atoms with Crippen LogP contribution in [0.25, 0.3) is 0 Å². The third-order valence-electron chi connectivity index (χ3n) is 1.48. The number of carboxylic acid groups (broad SMARTS) is 1. The highest BCUT2D eigenvalue weighted by Gasteiger charge is 1.93. The first-order valence-electron chi connectivity index (χ1n) is 4.26. The summed E-state index contributed by atoms with van der Waals surface area (Å²) in [6, 6.07) is 0. The standard InChI is InChI=1S/C9H17NO2S/c1-8(6-9(11)12)7-10-4-3-5-13-2/h6,10H,3-5,7H2,1-2H3,(H,11,12). The van der Waals surface area contributed by atoms with Gasteiger partial charge in [-0.05, 0) is 31.9 Å². The largest absolute Gasteiger partial charge is 0.478 e. The highest BCUT2D eigenvalue weighted by atomic mass is 32.2. The van der Waals surface area contributed by atoms with E-state index in [9.17, 15) is 4.79 Å². The van der Waals surface area contributed by atoms with Crippen LogP contribution in [0.4, 0.5) is 0 Å². The van der Waals surface area contributed by atoms with Crippen molar-refractivity contribution < 1.29 is 9.90 Å². The molecule has 0 rings (SSSR count). The highest BCUT2D eigenvalue weighted by Crippen LogP contribution is 1.94. The van der Waals surface area contributed by atoms with Gasteiger partial charge >= 0.3 is 5.97 Å². The molecule has 3 nitrogen and oxygen atoms in total. The van der Waals surface area contributed by atoms with Gasteiger partial charge in [-0.3, -0.25) is 0 Å². The Morgan fingerprint density at radius 2 is 2.31 bits per heavy atom. The summed E-state index contributed by atoms with van der Waals surface area (Å²) in [5, 5.41) is 11.6. The van der Waals surface area contributed by atoms with Crippen LogP contribution < -0.4 is 5.32 Å². The first kappa shape index (κ1) is 12.5. The van der Waals surface area contributed by atoms with Crippen LogP contribution in [0.5, 0.6) is 0 Å². The third kappa shape index (κ3) is 9.43. The van der Waals surface area contributed by atoms with Gasteiger partial charge < -0.3 is 10.4 Å². The Bertz CT molecular complexity index is 180. The lowest BCUT2D eigenvalue weighted by atomic mass is 10.3. The molecule has 0 atom stereocenters. The van der Waals surface area contributed by atoms with Crippen molar-refractivity contribution in [3.63, 3.8) is 0 Å². The zero-order chi connectivity index (χ0) is 10.1. The fraction of sp³-hybridized carbons (Fsp3) is 0.667. The fourth-order valence-corrected chi connectivity index (χ4v) is 1.32. The average molecular weight is 203 g/mol. The van der Waals surface area contributed by atoms with Crippen LogP contribution in [-0.2, 0) is 4.79 Å². The Balaban J connectivity index is 3.37. The molecular formula is C9H17NO2S. The van der Waals surface area contributed by atoms with Gasteiger partial charge in [-0.1, -0.05) is 5.57 Å². The molecule has 0 spiro atoms. The lowest BCUT2D eigenvalue weighted by Crippen LogP contribution is -2.18. The van der Waals surface area contributed by atoms with E-state index < -0.39 is 5.97 Å². The molecule has 0 fully saturated rings. The minimum Gasteiger partial charge on any atom is -0.478 e. The van der Waals surface area contributed by atoms with E-state index in [0.29, 0.717) is 6.54 Å². The lowest BCUT2D eigenvalue weighted by Gasteiger charge is -2.03. The summed E-state index contributed by atoms with van der Waals surface area (Å²) in [6.07, 6.45) is 4.44. The summed E-state index contributed by atoms with van der Waals surface area (Å²) in [6.45, 7) is 3.43. The van der Waals surface area contributed by atoms with Crippen molar-refractivity contribution in [1.82, 2.24) is 5.32 Å². The van der Waals surface area contributed by atoms with Crippen molar-refractivity contribution >= 4 is 17.7 Å². The molecular weight excluding hydrogens is 186 g/mol. The Morgan fingerprint density at radius 1 is 1.62 bits per heavy atom. The maximum absolute atomic E-state index is 10.2. The van der Waals surface area contributed by atoms with E-state index in [2.05, 4.69) is 11.6 Å². The number of nitrogens with one attached hydrogen (secondary N) is 1. The molecule has 0 unspecified atom stereocenters. The number of aliphatic carboxylic acids is 1. The number of carboxylic acids is 1. The smallest absolute Gasteiger partial charge is 0.328 e. The number of thioether (sulfide) groups is 1.